The van der Waals surface area contributed by atoms with Crippen molar-refractivity contribution in [3.8, 4) is 63.1 Å². The van der Waals surface area contributed by atoms with E-state index in [-0.39, 0.29) is 45.0 Å². The lowest BCUT2D eigenvalue weighted by Crippen LogP contribution is -2.11. The Hall–Kier alpha value is -7.62. The minimum absolute atomic E-state index is 0.0261. The van der Waals surface area contributed by atoms with Gasteiger partial charge in [0.1, 0.15) is 0 Å². The Morgan fingerprint density at radius 3 is 1.52 bits per heavy atom. The number of pyridine rings is 1. The molecule has 0 unspecified atom stereocenters. The van der Waals surface area contributed by atoms with Crippen molar-refractivity contribution in [3.05, 3.63) is 149 Å². The molecule has 0 aliphatic rings. The second-order valence-electron chi connectivity index (χ2n) is 12.8. The van der Waals surface area contributed by atoms with E-state index in [4.69, 9.17) is 15.0 Å². The molecule has 0 saturated carbocycles. The van der Waals surface area contributed by atoms with Crippen LogP contribution in [0.1, 0.15) is 27.8 Å². The molecule has 0 aliphatic heterocycles. The first-order valence-corrected chi connectivity index (χ1v) is 16.8. The molecular weight excluding hydrogens is 727 g/mol. The van der Waals surface area contributed by atoms with Gasteiger partial charge >= 0.3 is 12.4 Å². The predicted molar refractivity (Wildman–Crippen MR) is 198 cm³/mol. The number of rotatable bonds is 4. The maximum Gasteiger partial charge on any atom is 0.416 e. The van der Waals surface area contributed by atoms with E-state index < -0.39 is 23.5 Å². The first-order valence-electron chi connectivity index (χ1n) is 16.8. The summed E-state index contributed by atoms with van der Waals surface area (Å²) in [5.41, 5.74) is 0.844. The average molecular weight is 747 g/mol. The molecule has 0 aliphatic carbocycles. The third-order valence-electron chi connectivity index (χ3n) is 9.38. The van der Waals surface area contributed by atoms with Crippen LogP contribution in [0.25, 0.3) is 77.6 Å². The van der Waals surface area contributed by atoms with Gasteiger partial charge in [-0.05, 0) is 65.7 Å². The molecule has 268 valence electrons. The Kier molecular flexibility index (Phi) is 8.44. The normalized spacial score (nSPS) is 11.7. The molecule has 0 saturated heterocycles. The number of hydrogen-bond donors (Lipinski definition) is 0. The minimum atomic E-state index is -5.08. The number of hydrogen-bond acceptors (Lipinski definition) is 6. The predicted octanol–water partition coefficient (Wildman–Crippen LogP) is 11.7. The summed E-state index contributed by atoms with van der Waals surface area (Å²) in [6, 6.07) is 35.7. The first-order chi connectivity index (χ1) is 26.9. The monoisotopic (exact) mass is 746 g/mol. The van der Waals surface area contributed by atoms with Crippen molar-refractivity contribution >= 4 is 32.7 Å². The maximum atomic E-state index is 14.1. The molecular formula is C44H20F6N6. The van der Waals surface area contributed by atoms with Crippen LogP contribution in [-0.4, -0.2) is 15.0 Å². The smallest absolute Gasteiger partial charge is 0.247 e. The fourth-order valence-electron chi connectivity index (χ4n) is 6.81. The minimum Gasteiger partial charge on any atom is -0.247 e. The van der Waals surface area contributed by atoms with Crippen molar-refractivity contribution in [2.24, 2.45) is 0 Å². The third kappa shape index (κ3) is 6.17. The zero-order valence-corrected chi connectivity index (χ0v) is 28.5. The van der Waals surface area contributed by atoms with Crippen LogP contribution in [0.15, 0.2) is 121 Å². The molecule has 2 heterocycles. The summed E-state index contributed by atoms with van der Waals surface area (Å²) in [5.74, 6) is 0. The summed E-state index contributed by atoms with van der Waals surface area (Å²) in [4.78, 5) is 15.1. The second kappa shape index (κ2) is 13.3. The van der Waals surface area contributed by atoms with Gasteiger partial charge in [0.25, 0.3) is 0 Å². The van der Waals surface area contributed by atoms with Gasteiger partial charge in [0.15, 0.2) is 0 Å². The van der Waals surface area contributed by atoms with Gasteiger partial charge in [-0.15, -0.1) is 0 Å². The van der Waals surface area contributed by atoms with Crippen LogP contribution in [-0.2, 0) is 12.4 Å². The molecule has 2 aromatic heterocycles. The van der Waals surface area contributed by atoms with E-state index in [1.54, 1.807) is 91.0 Å². The van der Waals surface area contributed by atoms with Crippen molar-refractivity contribution in [2.45, 2.75) is 12.4 Å². The fraction of sp³-hybridized carbons (Fsp3) is 0.0455. The SMILES string of the molecule is N#Cc1ccc(-c2nc3cc(C#N)c4c5ccccc5nc(-c5ccccc5-c5cc(C(F)(F)F)cc(C(F)(F)F)c5)c4c3nc2-c2ccc(C#N)cc2)cc1. The van der Waals surface area contributed by atoms with Crippen molar-refractivity contribution in [3.63, 3.8) is 0 Å². The molecule has 0 amide bonds. The zero-order chi connectivity index (χ0) is 39.4. The van der Waals surface area contributed by atoms with Gasteiger partial charge in [0.05, 0.1) is 79.7 Å². The first kappa shape index (κ1) is 35.4. The lowest BCUT2D eigenvalue weighted by molar-refractivity contribution is -0.143. The molecule has 8 aromatic rings. The van der Waals surface area contributed by atoms with Crippen LogP contribution in [0, 0.1) is 34.0 Å². The van der Waals surface area contributed by atoms with Crippen LogP contribution in [0.3, 0.4) is 0 Å². The van der Waals surface area contributed by atoms with E-state index in [0.29, 0.717) is 67.4 Å². The van der Waals surface area contributed by atoms with E-state index in [1.807, 2.05) is 0 Å². The van der Waals surface area contributed by atoms with Gasteiger partial charge in [0.2, 0.25) is 0 Å². The highest BCUT2D eigenvalue weighted by Gasteiger charge is 2.37. The van der Waals surface area contributed by atoms with Gasteiger partial charge in [-0.1, -0.05) is 66.7 Å². The topological polar surface area (TPSA) is 110 Å². The molecule has 0 radical (unpaired) electrons. The zero-order valence-electron chi connectivity index (χ0n) is 28.5. The summed E-state index contributed by atoms with van der Waals surface area (Å²) in [6.07, 6.45) is -10.2. The lowest BCUT2D eigenvalue weighted by atomic mass is 9.90. The molecule has 0 spiro atoms. The summed E-state index contributed by atoms with van der Waals surface area (Å²) in [7, 11) is 0. The fourth-order valence-corrected chi connectivity index (χ4v) is 6.81. The second-order valence-corrected chi connectivity index (χ2v) is 12.8. The Balaban J connectivity index is 1.53. The number of benzene rings is 6. The summed E-state index contributed by atoms with van der Waals surface area (Å²) in [5, 5.41) is 30.8. The molecule has 0 bridgehead atoms. The van der Waals surface area contributed by atoms with Gasteiger partial charge in [0, 0.05) is 32.8 Å². The molecule has 0 N–H and O–H groups in total. The number of fused-ring (bicyclic) bond motifs is 5. The van der Waals surface area contributed by atoms with Crippen molar-refractivity contribution < 1.29 is 26.3 Å². The number of nitriles is 3. The highest BCUT2D eigenvalue weighted by molar-refractivity contribution is 6.22. The Morgan fingerprint density at radius 1 is 0.446 bits per heavy atom. The standard InChI is InChI=1S/C44H20F6N6/c45-43(46,47)30-17-28(18-31(20-30)44(48,49)50)32-5-1-2-6-33(32)41-38-37(34-7-3-4-8-35(34)54-41)29(23-53)19-36-42(38)56-40(27-15-11-25(22-52)12-16-27)39(55-36)26-13-9-24(21-51)10-14-26/h1-20H. The van der Waals surface area contributed by atoms with Crippen LogP contribution in [0.4, 0.5) is 26.3 Å². The van der Waals surface area contributed by atoms with Crippen molar-refractivity contribution in [1.29, 1.82) is 15.8 Å². The Morgan fingerprint density at radius 2 is 0.964 bits per heavy atom. The Labute approximate surface area is 313 Å². The molecule has 6 aromatic carbocycles. The van der Waals surface area contributed by atoms with Gasteiger partial charge in [-0.3, -0.25) is 0 Å². The highest BCUT2D eigenvalue weighted by Crippen LogP contribution is 2.45. The summed E-state index contributed by atoms with van der Waals surface area (Å²) >= 11 is 0. The van der Waals surface area contributed by atoms with E-state index in [9.17, 15) is 42.1 Å². The van der Waals surface area contributed by atoms with Gasteiger partial charge in [-0.25, -0.2) is 15.0 Å². The Bertz CT molecular complexity index is 2990. The van der Waals surface area contributed by atoms with E-state index in [0.717, 1.165) is 0 Å². The van der Waals surface area contributed by atoms with E-state index in [1.165, 1.54) is 12.1 Å². The van der Waals surface area contributed by atoms with Crippen molar-refractivity contribution in [1.82, 2.24) is 15.0 Å². The molecule has 8 rings (SSSR count). The third-order valence-corrected chi connectivity index (χ3v) is 9.38. The molecule has 0 atom stereocenters. The van der Waals surface area contributed by atoms with Crippen LogP contribution >= 0.6 is 0 Å². The maximum absolute atomic E-state index is 14.1. The highest BCUT2D eigenvalue weighted by atomic mass is 19.4. The number of nitrogens with zero attached hydrogens (tertiary/aromatic N) is 6. The quantitative estimate of drug-likeness (QED) is 0.131. The largest absolute Gasteiger partial charge is 0.416 e. The van der Waals surface area contributed by atoms with Gasteiger partial charge in [-0.2, -0.15) is 42.1 Å². The van der Waals surface area contributed by atoms with E-state index in [2.05, 4.69) is 18.2 Å². The number of halogens is 6. The van der Waals surface area contributed by atoms with E-state index >= 15 is 0 Å². The molecule has 6 nitrogen and oxygen atoms in total. The lowest BCUT2D eigenvalue weighted by Gasteiger charge is -2.19. The summed E-state index contributed by atoms with van der Waals surface area (Å²) < 4.78 is 84.4. The summed E-state index contributed by atoms with van der Waals surface area (Å²) in [6.45, 7) is 0. The van der Waals surface area contributed by atoms with Crippen LogP contribution in [0.2, 0.25) is 0 Å². The number of alkyl halides is 6. The molecule has 12 heteroatoms. The van der Waals surface area contributed by atoms with Gasteiger partial charge < -0.3 is 0 Å². The van der Waals surface area contributed by atoms with Crippen LogP contribution < -0.4 is 0 Å². The molecule has 0 fully saturated rings. The number of para-hydroxylation sites is 1. The number of aromatic nitrogens is 3. The molecule has 56 heavy (non-hydrogen) atoms. The van der Waals surface area contributed by atoms with Crippen LogP contribution in [0.5, 0.6) is 0 Å². The van der Waals surface area contributed by atoms with Crippen molar-refractivity contribution in [2.75, 3.05) is 0 Å². The average Bonchev–Trinajstić information content (AvgIpc) is 3.21.